The van der Waals surface area contributed by atoms with Crippen LogP contribution in [0.2, 0.25) is 0 Å². The van der Waals surface area contributed by atoms with Crippen LogP contribution in [0.5, 0.6) is 5.75 Å². The van der Waals surface area contributed by atoms with Crippen LogP contribution in [-0.2, 0) is 0 Å². The predicted molar refractivity (Wildman–Crippen MR) is 51.5 cm³/mol. The molecule has 13 heavy (non-hydrogen) atoms. The van der Waals surface area contributed by atoms with Gasteiger partial charge in [-0.25, -0.2) is 4.39 Å². The van der Waals surface area contributed by atoms with E-state index in [2.05, 4.69) is 0 Å². The Hall–Kier alpha value is -1.05. The van der Waals surface area contributed by atoms with E-state index in [-0.39, 0.29) is 5.82 Å². The summed E-state index contributed by atoms with van der Waals surface area (Å²) in [6, 6.07) is 4.89. The van der Waals surface area contributed by atoms with Crippen molar-refractivity contribution in [3.8, 4) is 5.75 Å². The average molecular weight is 182 g/mol. The molecule has 0 amide bonds. The van der Waals surface area contributed by atoms with Crippen LogP contribution in [0.25, 0.3) is 0 Å². The third-order valence-electron chi connectivity index (χ3n) is 1.66. The summed E-state index contributed by atoms with van der Waals surface area (Å²) in [5.74, 6) is 0.486. The van der Waals surface area contributed by atoms with Crippen molar-refractivity contribution in [2.24, 2.45) is 5.92 Å². The summed E-state index contributed by atoms with van der Waals surface area (Å²) in [6.07, 6.45) is 0. The van der Waals surface area contributed by atoms with Crippen LogP contribution in [0.3, 0.4) is 0 Å². The maximum atomic E-state index is 13.1. The Balaban J connectivity index is 2.70. The molecule has 1 aromatic rings. The third-order valence-corrected chi connectivity index (χ3v) is 1.66. The summed E-state index contributed by atoms with van der Waals surface area (Å²) < 4.78 is 18.4. The molecule has 2 heteroatoms. The molecule has 0 fully saturated rings. The lowest BCUT2D eigenvalue weighted by Crippen LogP contribution is -2.05. The molecule has 0 spiro atoms. The first-order valence-corrected chi connectivity index (χ1v) is 4.48. The molecule has 0 bridgehead atoms. The first-order valence-electron chi connectivity index (χ1n) is 4.48. The molecule has 0 aliphatic heterocycles. The van der Waals surface area contributed by atoms with Gasteiger partial charge < -0.3 is 4.74 Å². The van der Waals surface area contributed by atoms with Gasteiger partial charge in [-0.05, 0) is 30.5 Å². The van der Waals surface area contributed by atoms with Gasteiger partial charge in [-0.15, -0.1) is 0 Å². The molecular formula is C11H15FO. The van der Waals surface area contributed by atoms with Crippen molar-refractivity contribution in [2.45, 2.75) is 20.8 Å². The van der Waals surface area contributed by atoms with Crippen LogP contribution in [0.15, 0.2) is 18.2 Å². The first kappa shape index (κ1) is 10.0. The molecule has 72 valence electrons. The second-order valence-corrected chi connectivity index (χ2v) is 3.64. The maximum Gasteiger partial charge on any atom is 0.165 e. The summed E-state index contributed by atoms with van der Waals surface area (Å²) in [5, 5.41) is 0. The smallest absolute Gasteiger partial charge is 0.165 e. The largest absolute Gasteiger partial charge is 0.490 e. The lowest BCUT2D eigenvalue weighted by Gasteiger charge is -2.09. The normalized spacial score (nSPS) is 10.5. The van der Waals surface area contributed by atoms with Crippen LogP contribution in [0.1, 0.15) is 19.4 Å². The molecule has 0 heterocycles. The van der Waals surface area contributed by atoms with Gasteiger partial charge in [0.25, 0.3) is 0 Å². The highest BCUT2D eigenvalue weighted by Gasteiger charge is 2.03. The standard InChI is InChI=1S/C11H15FO/c1-8(2)7-13-11-6-9(3)4-5-10(11)12/h4-6,8H,7H2,1-3H3. The van der Waals surface area contributed by atoms with E-state index in [1.54, 1.807) is 12.1 Å². The SMILES string of the molecule is Cc1ccc(F)c(OCC(C)C)c1. The Morgan fingerprint density at radius 2 is 2.08 bits per heavy atom. The summed E-state index contributed by atoms with van der Waals surface area (Å²) in [7, 11) is 0. The minimum atomic E-state index is -0.286. The molecule has 0 radical (unpaired) electrons. The molecule has 0 aliphatic carbocycles. The van der Waals surface area contributed by atoms with Gasteiger partial charge in [0.2, 0.25) is 0 Å². The molecule has 0 aromatic heterocycles. The molecule has 1 nitrogen and oxygen atoms in total. The Kier molecular flexibility index (Phi) is 3.29. The molecule has 1 rings (SSSR count). The number of benzene rings is 1. The first-order chi connectivity index (χ1) is 6.09. The molecule has 1 aromatic carbocycles. The summed E-state index contributed by atoms with van der Waals surface area (Å²) in [4.78, 5) is 0. The minimum Gasteiger partial charge on any atom is -0.490 e. The molecule has 0 aliphatic rings. The minimum absolute atomic E-state index is 0.286. The quantitative estimate of drug-likeness (QED) is 0.697. The van der Waals surface area contributed by atoms with Crippen LogP contribution >= 0.6 is 0 Å². The predicted octanol–water partition coefficient (Wildman–Crippen LogP) is 3.17. The van der Waals surface area contributed by atoms with Gasteiger partial charge in [0.15, 0.2) is 11.6 Å². The van der Waals surface area contributed by atoms with Gasteiger partial charge in [-0.2, -0.15) is 0 Å². The van der Waals surface area contributed by atoms with Crippen molar-refractivity contribution in [3.05, 3.63) is 29.6 Å². The van der Waals surface area contributed by atoms with Crippen molar-refractivity contribution in [2.75, 3.05) is 6.61 Å². The summed E-state index contributed by atoms with van der Waals surface area (Å²) in [5.41, 5.74) is 1.01. The second kappa shape index (κ2) is 4.26. The lowest BCUT2D eigenvalue weighted by molar-refractivity contribution is 0.259. The number of ether oxygens (including phenoxy) is 1. The molecule has 0 atom stereocenters. The van der Waals surface area contributed by atoms with Crippen molar-refractivity contribution < 1.29 is 9.13 Å². The zero-order valence-electron chi connectivity index (χ0n) is 8.30. The topological polar surface area (TPSA) is 9.23 Å². The monoisotopic (exact) mass is 182 g/mol. The highest BCUT2D eigenvalue weighted by molar-refractivity contribution is 5.29. The van der Waals surface area contributed by atoms with E-state index in [9.17, 15) is 4.39 Å². The number of hydrogen-bond acceptors (Lipinski definition) is 1. The van der Waals surface area contributed by atoms with Gasteiger partial charge in [-0.1, -0.05) is 19.9 Å². The van der Waals surface area contributed by atoms with E-state index in [1.165, 1.54) is 6.07 Å². The molecular weight excluding hydrogens is 167 g/mol. The fourth-order valence-electron chi connectivity index (χ4n) is 0.978. The van der Waals surface area contributed by atoms with Gasteiger partial charge in [0, 0.05) is 0 Å². The Labute approximate surface area is 78.5 Å². The lowest BCUT2D eigenvalue weighted by atomic mass is 10.2. The van der Waals surface area contributed by atoms with Crippen molar-refractivity contribution >= 4 is 0 Å². The van der Waals surface area contributed by atoms with Crippen LogP contribution in [-0.4, -0.2) is 6.61 Å². The second-order valence-electron chi connectivity index (χ2n) is 3.64. The number of hydrogen-bond donors (Lipinski definition) is 0. The highest BCUT2D eigenvalue weighted by Crippen LogP contribution is 2.18. The van der Waals surface area contributed by atoms with Gasteiger partial charge >= 0.3 is 0 Å². The Morgan fingerprint density at radius 3 is 2.69 bits per heavy atom. The van der Waals surface area contributed by atoms with Gasteiger partial charge in [0.05, 0.1) is 6.61 Å². The fourth-order valence-corrected chi connectivity index (χ4v) is 0.978. The molecule has 0 unspecified atom stereocenters. The third kappa shape index (κ3) is 3.05. The Bertz CT molecular complexity index is 281. The van der Waals surface area contributed by atoms with Gasteiger partial charge in [0.1, 0.15) is 0 Å². The van der Waals surface area contributed by atoms with E-state index >= 15 is 0 Å². The van der Waals surface area contributed by atoms with Crippen LogP contribution in [0.4, 0.5) is 4.39 Å². The number of rotatable bonds is 3. The average Bonchev–Trinajstić information content (AvgIpc) is 2.06. The summed E-state index contributed by atoms with van der Waals surface area (Å²) in [6.45, 7) is 6.55. The zero-order chi connectivity index (χ0) is 9.84. The van der Waals surface area contributed by atoms with E-state index in [4.69, 9.17) is 4.74 Å². The molecule has 0 N–H and O–H groups in total. The highest BCUT2D eigenvalue weighted by atomic mass is 19.1. The maximum absolute atomic E-state index is 13.1. The Morgan fingerprint density at radius 1 is 1.38 bits per heavy atom. The fraction of sp³-hybridized carbons (Fsp3) is 0.455. The number of halogens is 1. The number of aryl methyl sites for hydroxylation is 1. The molecule has 0 saturated heterocycles. The van der Waals surface area contributed by atoms with E-state index in [0.29, 0.717) is 18.3 Å². The van der Waals surface area contributed by atoms with Crippen LogP contribution < -0.4 is 4.74 Å². The van der Waals surface area contributed by atoms with Crippen molar-refractivity contribution in [3.63, 3.8) is 0 Å². The van der Waals surface area contributed by atoms with E-state index in [1.807, 2.05) is 20.8 Å². The zero-order valence-corrected chi connectivity index (χ0v) is 8.30. The van der Waals surface area contributed by atoms with Crippen molar-refractivity contribution in [1.29, 1.82) is 0 Å². The van der Waals surface area contributed by atoms with E-state index < -0.39 is 0 Å². The van der Waals surface area contributed by atoms with Gasteiger partial charge in [-0.3, -0.25) is 0 Å². The van der Waals surface area contributed by atoms with E-state index in [0.717, 1.165) is 5.56 Å². The molecule has 0 saturated carbocycles. The summed E-state index contributed by atoms with van der Waals surface area (Å²) >= 11 is 0. The van der Waals surface area contributed by atoms with Crippen LogP contribution in [0, 0.1) is 18.7 Å². The van der Waals surface area contributed by atoms with Crippen molar-refractivity contribution in [1.82, 2.24) is 0 Å².